The number of esters is 2. The van der Waals surface area contributed by atoms with Crippen LogP contribution in [0.4, 0.5) is 4.39 Å². The minimum Gasteiger partial charge on any atom is -0.490 e. The molecule has 0 aromatic carbocycles. The van der Waals surface area contributed by atoms with Gasteiger partial charge in [0.2, 0.25) is 0 Å². The van der Waals surface area contributed by atoms with Crippen LogP contribution in [0, 0.1) is 0 Å². The van der Waals surface area contributed by atoms with Crippen LogP contribution in [0.5, 0.6) is 0 Å². The van der Waals surface area contributed by atoms with E-state index in [4.69, 9.17) is 4.74 Å². The largest absolute Gasteiger partial charge is 0.490 e. The number of hydrogen-bond acceptors (Lipinski definition) is 6. The highest BCUT2D eigenvalue weighted by Crippen LogP contribution is 2.19. The second kappa shape index (κ2) is 11.1. The molecule has 0 spiro atoms. The van der Waals surface area contributed by atoms with Gasteiger partial charge in [0.15, 0.2) is 23.1 Å². The second-order valence-electron chi connectivity index (χ2n) is 4.80. The molecular formula is C20H21FO6. The van der Waals surface area contributed by atoms with Gasteiger partial charge < -0.3 is 18.9 Å². The number of halogens is 1. The van der Waals surface area contributed by atoms with Crippen molar-refractivity contribution in [1.82, 2.24) is 0 Å². The Morgan fingerprint density at radius 3 is 1.70 bits per heavy atom. The molecule has 0 N–H and O–H groups in total. The third kappa shape index (κ3) is 8.35. The molecule has 0 atom stereocenters. The predicted octanol–water partition coefficient (Wildman–Crippen LogP) is 3.94. The SMILES string of the molecule is C=C(/C=C\C(=C)C(=C)/C=C(/F)C(=C)OC(=O)C(=C)OC)OC(=O)C(=C)OC. The van der Waals surface area contributed by atoms with Crippen molar-refractivity contribution in [1.29, 1.82) is 0 Å². The van der Waals surface area contributed by atoms with Crippen molar-refractivity contribution < 1.29 is 32.9 Å². The van der Waals surface area contributed by atoms with Gasteiger partial charge in [0.05, 0.1) is 14.2 Å². The fourth-order valence-corrected chi connectivity index (χ4v) is 1.22. The molecule has 0 fully saturated rings. The van der Waals surface area contributed by atoms with E-state index in [1.807, 2.05) is 0 Å². The minimum absolute atomic E-state index is 0.0204. The van der Waals surface area contributed by atoms with Gasteiger partial charge in [0.1, 0.15) is 5.76 Å². The molecule has 0 radical (unpaired) electrons. The maximum absolute atomic E-state index is 14.0. The molecule has 0 saturated heterocycles. The van der Waals surface area contributed by atoms with Gasteiger partial charge in [0, 0.05) is 0 Å². The lowest BCUT2D eigenvalue weighted by atomic mass is 10.1. The first kappa shape index (κ1) is 23.4. The highest BCUT2D eigenvalue weighted by molar-refractivity contribution is 5.86. The molecule has 144 valence electrons. The first-order chi connectivity index (χ1) is 12.5. The van der Waals surface area contributed by atoms with Crippen LogP contribution in [0.1, 0.15) is 0 Å². The molecule has 0 bridgehead atoms. The summed E-state index contributed by atoms with van der Waals surface area (Å²) in [5, 5.41) is 0. The van der Waals surface area contributed by atoms with Gasteiger partial charge >= 0.3 is 11.9 Å². The van der Waals surface area contributed by atoms with Crippen molar-refractivity contribution >= 4 is 11.9 Å². The molecule has 0 aliphatic rings. The zero-order valence-electron chi connectivity index (χ0n) is 15.3. The number of allylic oxidation sites excluding steroid dienone is 6. The Balaban J connectivity index is 4.84. The second-order valence-corrected chi connectivity index (χ2v) is 4.80. The maximum Gasteiger partial charge on any atom is 0.378 e. The van der Waals surface area contributed by atoms with Gasteiger partial charge in [-0.1, -0.05) is 32.4 Å². The number of hydrogen-bond donors (Lipinski definition) is 0. The third-order valence-electron chi connectivity index (χ3n) is 2.84. The van der Waals surface area contributed by atoms with Gasteiger partial charge in [-0.05, 0) is 36.5 Å². The topological polar surface area (TPSA) is 71.1 Å². The lowest BCUT2D eigenvalue weighted by Crippen LogP contribution is -2.08. The van der Waals surface area contributed by atoms with Crippen LogP contribution in [-0.4, -0.2) is 26.2 Å². The van der Waals surface area contributed by atoms with E-state index in [1.165, 1.54) is 26.4 Å². The molecule has 0 aliphatic carbocycles. The van der Waals surface area contributed by atoms with Crippen LogP contribution in [0.2, 0.25) is 0 Å². The maximum atomic E-state index is 14.0. The standard InChI is InChI=1S/C20H21FO6/c1-12(9-10-14(3)26-19(22)16(5)24-7)13(2)11-18(21)15(4)27-20(23)17(6)25-8/h9-11H,1-6H2,7-8H3/b10-9-,18-11+. The summed E-state index contributed by atoms with van der Waals surface area (Å²) in [5.41, 5.74) is 0.417. The van der Waals surface area contributed by atoms with Crippen molar-refractivity contribution in [3.8, 4) is 0 Å². The zero-order chi connectivity index (χ0) is 21.1. The van der Waals surface area contributed by atoms with E-state index in [9.17, 15) is 14.0 Å². The van der Waals surface area contributed by atoms with Crippen LogP contribution < -0.4 is 0 Å². The molecule has 0 aromatic heterocycles. The highest BCUT2D eigenvalue weighted by Gasteiger charge is 2.14. The minimum atomic E-state index is -0.980. The average Bonchev–Trinajstić information content (AvgIpc) is 2.63. The lowest BCUT2D eigenvalue weighted by Gasteiger charge is -2.07. The Labute approximate surface area is 157 Å². The van der Waals surface area contributed by atoms with Crippen molar-refractivity contribution in [3.05, 3.63) is 97.7 Å². The summed E-state index contributed by atoms with van der Waals surface area (Å²) in [6.07, 6.45) is 3.66. The van der Waals surface area contributed by atoms with Gasteiger partial charge in [-0.25, -0.2) is 14.0 Å². The van der Waals surface area contributed by atoms with Crippen molar-refractivity contribution in [2.45, 2.75) is 0 Å². The van der Waals surface area contributed by atoms with Gasteiger partial charge in [-0.3, -0.25) is 0 Å². The molecule has 0 aliphatic heterocycles. The Bertz CT molecular complexity index is 767. The summed E-state index contributed by atoms with van der Waals surface area (Å²) in [6.45, 7) is 20.7. The van der Waals surface area contributed by atoms with E-state index >= 15 is 0 Å². The van der Waals surface area contributed by atoms with Crippen molar-refractivity contribution in [3.63, 3.8) is 0 Å². The molecular weight excluding hydrogens is 355 g/mol. The molecule has 0 heterocycles. The van der Waals surface area contributed by atoms with Crippen LogP contribution in [0.3, 0.4) is 0 Å². The summed E-state index contributed by atoms with van der Waals surface area (Å²) in [7, 11) is 2.48. The summed E-state index contributed by atoms with van der Waals surface area (Å²) in [4.78, 5) is 22.9. The summed E-state index contributed by atoms with van der Waals surface area (Å²) in [5.74, 6) is -3.81. The highest BCUT2D eigenvalue weighted by atomic mass is 19.1. The van der Waals surface area contributed by atoms with E-state index in [-0.39, 0.29) is 28.4 Å². The van der Waals surface area contributed by atoms with Gasteiger partial charge in [-0.2, -0.15) is 0 Å². The Hall–Kier alpha value is -3.61. The van der Waals surface area contributed by atoms with Crippen LogP contribution in [0.15, 0.2) is 97.7 Å². The molecule has 0 amide bonds. The summed E-state index contributed by atoms with van der Waals surface area (Å²) < 4.78 is 32.7. The Morgan fingerprint density at radius 2 is 1.22 bits per heavy atom. The molecule has 0 rings (SSSR count). The number of methoxy groups -OCH3 is 2. The molecule has 6 nitrogen and oxygen atoms in total. The number of carbonyl (C=O) groups excluding carboxylic acids is 2. The molecule has 27 heavy (non-hydrogen) atoms. The van der Waals surface area contributed by atoms with Gasteiger partial charge in [0.25, 0.3) is 0 Å². The lowest BCUT2D eigenvalue weighted by molar-refractivity contribution is -0.138. The number of carbonyl (C=O) groups is 2. The number of ether oxygens (including phenoxy) is 4. The summed E-state index contributed by atoms with van der Waals surface area (Å²) in [6, 6.07) is 0. The third-order valence-corrected chi connectivity index (χ3v) is 2.84. The van der Waals surface area contributed by atoms with Crippen molar-refractivity contribution in [2.75, 3.05) is 14.2 Å². The first-order valence-electron chi connectivity index (χ1n) is 7.25. The summed E-state index contributed by atoms with van der Waals surface area (Å²) >= 11 is 0. The molecule has 0 unspecified atom stereocenters. The van der Waals surface area contributed by atoms with E-state index in [0.29, 0.717) is 0 Å². The van der Waals surface area contributed by atoms with Crippen molar-refractivity contribution in [2.24, 2.45) is 0 Å². The van der Waals surface area contributed by atoms with Crippen LogP contribution in [-0.2, 0) is 28.5 Å². The van der Waals surface area contributed by atoms with E-state index in [1.54, 1.807) is 0 Å². The number of rotatable bonds is 11. The van der Waals surface area contributed by atoms with Gasteiger partial charge in [-0.15, -0.1) is 0 Å². The Morgan fingerprint density at radius 1 is 0.741 bits per heavy atom. The predicted molar refractivity (Wildman–Crippen MR) is 99.4 cm³/mol. The Kier molecular flexibility index (Phi) is 9.61. The first-order valence-corrected chi connectivity index (χ1v) is 7.25. The average molecular weight is 376 g/mol. The fourth-order valence-electron chi connectivity index (χ4n) is 1.22. The molecule has 0 aromatic rings. The van der Waals surface area contributed by atoms with E-state index in [2.05, 4.69) is 53.7 Å². The van der Waals surface area contributed by atoms with E-state index < -0.39 is 23.5 Å². The zero-order valence-corrected chi connectivity index (χ0v) is 15.3. The smallest absolute Gasteiger partial charge is 0.378 e. The quantitative estimate of drug-likeness (QED) is 0.235. The van der Waals surface area contributed by atoms with Crippen LogP contribution in [0.25, 0.3) is 0 Å². The monoisotopic (exact) mass is 376 g/mol. The van der Waals surface area contributed by atoms with E-state index in [0.717, 1.165) is 6.08 Å². The van der Waals surface area contributed by atoms with Crippen LogP contribution >= 0.6 is 0 Å². The molecule has 0 saturated carbocycles. The normalized spacial score (nSPS) is 10.6. The fraction of sp³-hybridized carbons (Fsp3) is 0.100. The molecule has 7 heteroatoms.